The lowest BCUT2D eigenvalue weighted by molar-refractivity contribution is -0.139. The lowest BCUT2D eigenvalue weighted by atomic mass is 10.1. The van der Waals surface area contributed by atoms with Crippen molar-refractivity contribution in [1.29, 1.82) is 0 Å². The number of hydrogen-bond acceptors (Lipinski definition) is 4. The van der Waals surface area contributed by atoms with Gasteiger partial charge in [0.2, 0.25) is 11.8 Å². The first-order valence-electron chi connectivity index (χ1n) is 12.1. The number of amides is 2. The van der Waals surface area contributed by atoms with Crippen molar-refractivity contribution in [3.63, 3.8) is 0 Å². The topological polar surface area (TPSA) is 86.8 Å². The molecule has 0 unspecified atom stereocenters. The summed E-state index contributed by atoms with van der Waals surface area (Å²) in [5.41, 5.74) is 2.73. The van der Waals surface area contributed by atoms with Gasteiger partial charge >= 0.3 is 0 Å². The molecule has 0 aliphatic heterocycles. The van der Waals surface area contributed by atoms with Crippen LogP contribution in [-0.4, -0.2) is 44.3 Å². The van der Waals surface area contributed by atoms with Crippen molar-refractivity contribution in [2.75, 3.05) is 17.4 Å². The highest BCUT2D eigenvalue weighted by molar-refractivity contribution is 7.92. The Hall–Kier alpha value is -3.07. The van der Waals surface area contributed by atoms with Gasteiger partial charge in [0.05, 0.1) is 15.6 Å². The predicted molar refractivity (Wildman–Crippen MR) is 152 cm³/mol. The second-order valence-corrected chi connectivity index (χ2v) is 11.6. The molecule has 1 atom stereocenters. The van der Waals surface area contributed by atoms with Crippen LogP contribution in [0.5, 0.6) is 0 Å². The van der Waals surface area contributed by atoms with Gasteiger partial charge in [0.1, 0.15) is 12.6 Å². The predicted octanol–water partition coefficient (Wildman–Crippen LogP) is 5.36. The number of likely N-dealkylation sites (N-methyl/N-ethyl adjacent to an activating group) is 1. The van der Waals surface area contributed by atoms with Gasteiger partial charge in [0.25, 0.3) is 10.0 Å². The van der Waals surface area contributed by atoms with E-state index in [1.807, 2.05) is 38.1 Å². The van der Waals surface area contributed by atoms with Crippen LogP contribution >= 0.6 is 23.2 Å². The third-order valence-corrected chi connectivity index (χ3v) is 8.51. The third kappa shape index (κ3) is 6.87. The maximum atomic E-state index is 13.9. The average Bonchev–Trinajstić information content (AvgIpc) is 2.88. The van der Waals surface area contributed by atoms with Gasteiger partial charge in [0.15, 0.2) is 0 Å². The first-order chi connectivity index (χ1) is 17.9. The summed E-state index contributed by atoms with van der Waals surface area (Å²) < 4.78 is 28.7. The second-order valence-electron chi connectivity index (χ2n) is 8.94. The third-order valence-electron chi connectivity index (χ3n) is 6.18. The number of carbonyl (C=O) groups is 2. The molecule has 0 aromatic heterocycles. The normalized spacial score (nSPS) is 12.1. The quantitative estimate of drug-likeness (QED) is 0.352. The smallest absolute Gasteiger partial charge is 0.264 e. The Labute approximate surface area is 234 Å². The summed E-state index contributed by atoms with van der Waals surface area (Å²) in [4.78, 5) is 28.1. The standard InChI is InChI=1S/C28H31Cl2N3O4S/c1-5-31-28(35)21(4)32(17-22-9-7-6-8-20(22)3)27(34)18-33(26-16-23(29)12-15-25(26)30)38(36,37)24-13-10-19(2)11-14-24/h6-16,21H,5,17-18H2,1-4H3,(H,31,35)/t21-/m1/s1. The first-order valence-corrected chi connectivity index (χ1v) is 14.3. The molecule has 38 heavy (non-hydrogen) atoms. The number of aryl methyl sites for hydroxylation is 2. The number of hydrogen-bond donors (Lipinski definition) is 1. The van der Waals surface area contributed by atoms with E-state index < -0.39 is 28.5 Å². The summed E-state index contributed by atoms with van der Waals surface area (Å²) in [6.45, 7) is 7.08. The van der Waals surface area contributed by atoms with Crippen LogP contribution in [0.1, 0.15) is 30.5 Å². The molecular formula is C28H31Cl2N3O4S. The summed E-state index contributed by atoms with van der Waals surface area (Å²) in [6.07, 6.45) is 0. The maximum absolute atomic E-state index is 13.9. The lowest BCUT2D eigenvalue weighted by Gasteiger charge is -2.32. The molecule has 0 fully saturated rings. The van der Waals surface area contributed by atoms with E-state index in [-0.39, 0.29) is 33.1 Å². The lowest BCUT2D eigenvalue weighted by Crippen LogP contribution is -2.51. The molecule has 0 bridgehead atoms. The van der Waals surface area contributed by atoms with Gasteiger partial charge in [-0.2, -0.15) is 0 Å². The minimum atomic E-state index is -4.23. The van der Waals surface area contributed by atoms with E-state index in [2.05, 4.69) is 5.32 Å². The van der Waals surface area contributed by atoms with E-state index in [1.54, 1.807) is 26.0 Å². The minimum absolute atomic E-state index is 0.00540. The monoisotopic (exact) mass is 575 g/mol. The number of carbonyl (C=O) groups excluding carboxylic acids is 2. The van der Waals surface area contributed by atoms with E-state index in [1.165, 1.54) is 35.2 Å². The Bertz CT molecular complexity index is 1410. The first kappa shape index (κ1) is 29.5. The van der Waals surface area contributed by atoms with Gasteiger partial charge < -0.3 is 10.2 Å². The largest absolute Gasteiger partial charge is 0.355 e. The highest BCUT2D eigenvalue weighted by atomic mass is 35.5. The van der Waals surface area contributed by atoms with E-state index in [0.717, 1.165) is 21.0 Å². The molecule has 3 aromatic carbocycles. The number of nitrogens with zero attached hydrogens (tertiary/aromatic N) is 2. The van der Waals surface area contributed by atoms with Gasteiger partial charge in [-0.1, -0.05) is 65.2 Å². The van der Waals surface area contributed by atoms with Crippen LogP contribution < -0.4 is 9.62 Å². The van der Waals surface area contributed by atoms with Crippen LogP contribution in [0.3, 0.4) is 0 Å². The van der Waals surface area contributed by atoms with Crippen LogP contribution in [0.25, 0.3) is 0 Å². The number of rotatable bonds is 10. The van der Waals surface area contributed by atoms with E-state index in [4.69, 9.17) is 23.2 Å². The highest BCUT2D eigenvalue weighted by Crippen LogP contribution is 2.33. The van der Waals surface area contributed by atoms with Crippen molar-refractivity contribution in [2.24, 2.45) is 0 Å². The van der Waals surface area contributed by atoms with Crippen LogP contribution in [0.2, 0.25) is 10.0 Å². The fourth-order valence-electron chi connectivity index (χ4n) is 3.90. The van der Waals surface area contributed by atoms with Crippen LogP contribution in [0.15, 0.2) is 71.6 Å². The zero-order chi connectivity index (χ0) is 28.0. The minimum Gasteiger partial charge on any atom is -0.355 e. The molecule has 0 saturated heterocycles. The van der Waals surface area contributed by atoms with Gasteiger partial charge in [0, 0.05) is 18.1 Å². The Morgan fingerprint density at radius 2 is 1.63 bits per heavy atom. The molecule has 0 saturated carbocycles. The van der Waals surface area contributed by atoms with Crippen LogP contribution in [0, 0.1) is 13.8 Å². The molecule has 0 radical (unpaired) electrons. The highest BCUT2D eigenvalue weighted by Gasteiger charge is 2.33. The maximum Gasteiger partial charge on any atom is 0.264 e. The number of anilines is 1. The Morgan fingerprint density at radius 3 is 2.26 bits per heavy atom. The van der Waals surface area contributed by atoms with Gasteiger partial charge in [-0.05, 0) is 69.2 Å². The number of halogens is 2. The van der Waals surface area contributed by atoms with Crippen molar-refractivity contribution < 1.29 is 18.0 Å². The second kappa shape index (κ2) is 12.7. The Kier molecular flexibility index (Phi) is 9.82. The summed E-state index contributed by atoms with van der Waals surface area (Å²) in [5, 5.41) is 3.11. The molecule has 202 valence electrons. The fraction of sp³-hybridized carbons (Fsp3) is 0.286. The van der Waals surface area contributed by atoms with Crippen molar-refractivity contribution >= 4 is 50.7 Å². The van der Waals surface area contributed by atoms with Crippen molar-refractivity contribution in [2.45, 2.75) is 45.2 Å². The van der Waals surface area contributed by atoms with Crippen LogP contribution in [-0.2, 0) is 26.2 Å². The van der Waals surface area contributed by atoms with E-state index in [9.17, 15) is 18.0 Å². The fourth-order valence-corrected chi connectivity index (χ4v) is 5.76. The van der Waals surface area contributed by atoms with Crippen molar-refractivity contribution in [1.82, 2.24) is 10.2 Å². The zero-order valence-corrected chi connectivity index (χ0v) is 24.1. The molecule has 0 heterocycles. The molecule has 0 spiro atoms. The van der Waals surface area contributed by atoms with Gasteiger partial charge in [-0.25, -0.2) is 8.42 Å². The van der Waals surface area contributed by atoms with Crippen LogP contribution in [0.4, 0.5) is 5.69 Å². The SMILES string of the molecule is CCNC(=O)[C@@H](C)N(Cc1ccccc1C)C(=O)CN(c1cc(Cl)ccc1Cl)S(=O)(=O)c1ccc(C)cc1. The molecule has 3 rings (SSSR count). The summed E-state index contributed by atoms with van der Waals surface area (Å²) in [5.74, 6) is -0.915. The molecule has 3 aromatic rings. The molecule has 7 nitrogen and oxygen atoms in total. The van der Waals surface area contributed by atoms with Crippen molar-refractivity contribution in [3.8, 4) is 0 Å². The van der Waals surface area contributed by atoms with Gasteiger partial charge in [-0.3, -0.25) is 13.9 Å². The molecule has 0 aliphatic carbocycles. The molecular weight excluding hydrogens is 545 g/mol. The summed E-state index contributed by atoms with van der Waals surface area (Å²) >= 11 is 12.6. The van der Waals surface area contributed by atoms with E-state index in [0.29, 0.717) is 6.54 Å². The molecule has 10 heteroatoms. The molecule has 2 amide bonds. The number of nitrogens with one attached hydrogen (secondary N) is 1. The Balaban J connectivity index is 2.09. The summed E-state index contributed by atoms with van der Waals surface area (Å²) in [7, 11) is -4.23. The Morgan fingerprint density at radius 1 is 0.974 bits per heavy atom. The van der Waals surface area contributed by atoms with Crippen molar-refractivity contribution in [3.05, 3.63) is 93.5 Å². The number of benzene rings is 3. The zero-order valence-electron chi connectivity index (χ0n) is 21.7. The van der Waals surface area contributed by atoms with E-state index >= 15 is 0 Å². The molecule has 1 N–H and O–H groups in total. The molecule has 0 aliphatic rings. The summed E-state index contributed by atoms with van der Waals surface area (Å²) in [6, 6.07) is 17.4. The number of sulfonamides is 1. The van der Waals surface area contributed by atoms with Gasteiger partial charge in [-0.15, -0.1) is 0 Å². The average molecular weight is 577 g/mol.